The number of carbonyl (C=O) groups excluding carboxylic acids is 1. The summed E-state index contributed by atoms with van der Waals surface area (Å²) in [5, 5.41) is 2.85. The molecular weight excluding hydrogens is 252 g/mol. The Kier molecular flexibility index (Phi) is 4.00. The molecule has 104 valence electrons. The number of benzene rings is 1. The first kappa shape index (κ1) is 14.0. The Morgan fingerprint density at radius 3 is 2.55 bits per heavy atom. The van der Waals surface area contributed by atoms with E-state index in [-0.39, 0.29) is 5.91 Å². The number of nitrogen functional groups attached to an aromatic ring is 1. The number of nitrogens with two attached hydrogens (primary N) is 1. The van der Waals surface area contributed by atoms with Crippen LogP contribution in [0.1, 0.15) is 27.2 Å². The first-order valence-electron chi connectivity index (χ1n) is 6.33. The predicted molar refractivity (Wildman–Crippen MR) is 80.7 cm³/mol. The van der Waals surface area contributed by atoms with Crippen molar-refractivity contribution in [1.29, 1.82) is 0 Å². The predicted octanol–water partition coefficient (Wildman–Crippen LogP) is 2.54. The summed E-state index contributed by atoms with van der Waals surface area (Å²) in [7, 11) is 0. The lowest BCUT2D eigenvalue weighted by molar-refractivity contribution is 0.102. The largest absolute Gasteiger partial charge is 0.323 e. The van der Waals surface area contributed by atoms with E-state index >= 15 is 0 Å². The molecule has 0 fully saturated rings. The summed E-state index contributed by atoms with van der Waals surface area (Å²) in [6.45, 7) is 5.87. The highest BCUT2D eigenvalue weighted by Gasteiger charge is 2.12. The molecule has 0 radical (unpaired) electrons. The van der Waals surface area contributed by atoms with Gasteiger partial charge in [0.25, 0.3) is 5.91 Å². The molecule has 0 aliphatic carbocycles. The second-order valence-corrected chi connectivity index (χ2v) is 4.77. The van der Waals surface area contributed by atoms with E-state index in [0.717, 1.165) is 16.9 Å². The summed E-state index contributed by atoms with van der Waals surface area (Å²) in [6, 6.07) is 7.51. The maximum absolute atomic E-state index is 12.3. The van der Waals surface area contributed by atoms with E-state index in [9.17, 15) is 4.79 Å². The van der Waals surface area contributed by atoms with Gasteiger partial charge in [0.15, 0.2) is 0 Å². The van der Waals surface area contributed by atoms with Gasteiger partial charge in [-0.05, 0) is 50.1 Å². The van der Waals surface area contributed by atoms with Gasteiger partial charge in [-0.1, -0.05) is 6.07 Å². The summed E-state index contributed by atoms with van der Waals surface area (Å²) in [5.41, 5.74) is 7.35. The molecule has 1 aromatic heterocycles. The minimum absolute atomic E-state index is 0.242. The SMILES string of the molecule is Cc1cc(NN)c(C(=O)Nc2ccc(C)c(C)c2)cn1. The molecule has 1 aromatic carbocycles. The van der Waals surface area contributed by atoms with Gasteiger partial charge in [-0.25, -0.2) is 0 Å². The normalized spacial score (nSPS) is 10.2. The number of pyridine rings is 1. The Hall–Kier alpha value is -2.40. The van der Waals surface area contributed by atoms with E-state index in [1.165, 1.54) is 11.8 Å². The third kappa shape index (κ3) is 2.95. The number of nitrogens with one attached hydrogen (secondary N) is 2. The average molecular weight is 270 g/mol. The number of carbonyl (C=O) groups is 1. The molecular formula is C15H18N4O. The van der Waals surface area contributed by atoms with Gasteiger partial charge in [-0.2, -0.15) is 0 Å². The van der Waals surface area contributed by atoms with Crippen LogP contribution in [-0.2, 0) is 0 Å². The van der Waals surface area contributed by atoms with Crippen molar-refractivity contribution in [2.75, 3.05) is 10.7 Å². The standard InChI is InChI=1S/C15H18N4O/c1-9-4-5-12(6-10(9)2)18-15(20)13-8-17-11(3)7-14(13)19-16/h4-8H,16H2,1-3H3,(H,17,19)(H,18,20). The van der Waals surface area contributed by atoms with Crippen LogP contribution in [0.5, 0.6) is 0 Å². The van der Waals surface area contributed by atoms with Crippen molar-refractivity contribution < 1.29 is 4.79 Å². The Labute approximate surface area is 118 Å². The van der Waals surface area contributed by atoms with Gasteiger partial charge < -0.3 is 10.7 Å². The summed E-state index contributed by atoms with van der Waals surface area (Å²) in [4.78, 5) is 16.4. The monoisotopic (exact) mass is 270 g/mol. The Morgan fingerprint density at radius 1 is 1.15 bits per heavy atom. The van der Waals surface area contributed by atoms with Gasteiger partial charge >= 0.3 is 0 Å². The zero-order valence-electron chi connectivity index (χ0n) is 11.8. The van der Waals surface area contributed by atoms with Crippen molar-refractivity contribution in [2.24, 2.45) is 5.84 Å². The number of nitrogens with zero attached hydrogens (tertiary/aromatic N) is 1. The fourth-order valence-corrected chi connectivity index (χ4v) is 1.88. The molecule has 0 saturated heterocycles. The second kappa shape index (κ2) is 5.71. The highest BCUT2D eigenvalue weighted by Crippen LogP contribution is 2.18. The van der Waals surface area contributed by atoms with Gasteiger partial charge in [0.2, 0.25) is 0 Å². The van der Waals surface area contributed by atoms with Gasteiger partial charge in [0, 0.05) is 17.6 Å². The number of hydrazine groups is 1. The number of amides is 1. The smallest absolute Gasteiger partial charge is 0.259 e. The molecule has 5 nitrogen and oxygen atoms in total. The molecule has 0 spiro atoms. The van der Waals surface area contributed by atoms with Crippen LogP contribution in [0.3, 0.4) is 0 Å². The highest BCUT2D eigenvalue weighted by molar-refractivity contribution is 6.07. The van der Waals surface area contributed by atoms with E-state index in [4.69, 9.17) is 5.84 Å². The molecule has 5 heteroatoms. The lowest BCUT2D eigenvalue weighted by Gasteiger charge is -2.11. The van der Waals surface area contributed by atoms with Crippen LogP contribution in [0, 0.1) is 20.8 Å². The number of hydrogen-bond acceptors (Lipinski definition) is 4. The van der Waals surface area contributed by atoms with E-state index in [1.807, 2.05) is 39.0 Å². The molecule has 20 heavy (non-hydrogen) atoms. The maximum Gasteiger partial charge on any atom is 0.259 e. The Bertz CT molecular complexity index is 652. The van der Waals surface area contributed by atoms with Gasteiger partial charge in [-0.15, -0.1) is 0 Å². The molecule has 0 bridgehead atoms. The fourth-order valence-electron chi connectivity index (χ4n) is 1.88. The van der Waals surface area contributed by atoms with Gasteiger partial charge in [0.1, 0.15) is 0 Å². The first-order chi connectivity index (χ1) is 9.51. The van der Waals surface area contributed by atoms with Crippen LogP contribution in [0.2, 0.25) is 0 Å². The molecule has 0 aliphatic rings. The molecule has 4 N–H and O–H groups in total. The summed E-state index contributed by atoms with van der Waals surface area (Å²) < 4.78 is 0. The average Bonchev–Trinajstić information content (AvgIpc) is 2.42. The van der Waals surface area contributed by atoms with Crippen LogP contribution in [-0.4, -0.2) is 10.9 Å². The van der Waals surface area contributed by atoms with E-state index in [1.54, 1.807) is 6.07 Å². The number of aromatic nitrogens is 1. The number of rotatable bonds is 3. The van der Waals surface area contributed by atoms with Crippen molar-refractivity contribution in [3.8, 4) is 0 Å². The van der Waals surface area contributed by atoms with Crippen molar-refractivity contribution in [3.05, 3.63) is 52.8 Å². The molecule has 0 aliphatic heterocycles. The van der Waals surface area contributed by atoms with E-state index in [0.29, 0.717) is 11.3 Å². The van der Waals surface area contributed by atoms with Crippen LogP contribution >= 0.6 is 0 Å². The van der Waals surface area contributed by atoms with Crippen LogP contribution < -0.4 is 16.6 Å². The molecule has 0 atom stereocenters. The molecule has 2 rings (SSSR count). The molecule has 1 heterocycles. The van der Waals surface area contributed by atoms with Crippen LogP contribution in [0.4, 0.5) is 11.4 Å². The van der Waals surface area contributed by atoms with Gasteiger partial charge in [-0.3, -0.25) is 15.6 Å². The zero-order valence-corrected chi connectivity index (χ0v) is 11.8. The third-order valence-corrected chi connectivity index (χ3v) is 3.21. The highest BCUT2D eigenvalue weighted by atomic mass is 16.1. The molecule has 2 aromatic rings. The number of hydrogen-bond donors (Lipinski definition) is 3. The number of anilines is 2. The zero-order chi connectivity index (χ0) is 14.7. The first-order valence-corrected chi connectivity index (χ1v) is 6.33. The van der Waals surface area contributed by atoms with Crippen molar-refractivity contribution in [3.63, 3.8) is 0 Å². The van der Waals surface area contributed by atoms with Crippen LogP contribution in [0.15, 0.2) is 30.5 Å². The van der Waals surface area contributed by atoms with E-state index in [2.05, 4.69) is 15.7 Å². The molecule has 0 unspecified atom stereocenters. The minimum Gasteiger partial charge on any atom is -0.323 e. The quantitative estimate of drug-likeness (QED) is 0.591. The summed E-state index contributed by atoms with van der Waals surface area (Å²) >= 11 is 0. The second-order valence-electron chi connectivity index (χ2n) is 4.77. The Balaban J connectivity index is 2.25. The van der Waals surface area contributed by atoms with Crippen LogP contribution in [0.25, 0.3) is 0 Å². The third-order valence-electron chi connectivity index (χ3n) is 3.21. The lowest BCUT2D eigenvalue weighted by Crippen LogP contribution is -2.18. The molecule has 1 amide bonds. The van der Waals surface area contributed by atoms with Crippen molar-refractivity contribution in [1.82, 2.24) is 4.98 Å². The van der Waals surface area contributed by atoms with Crippen molar-refractivity contribution in [2.45, 2.75) is 20.8 Å². The lowest BCUT2D eigenvalue weighted by atomic mass is 10.1. The minimum atomic E-state index is -0.242. The topological polar surface area (TPSA) is 80.0 Å². The maximum atomic E-state index is 12.3. The van der Waals surface area contributed by atoms with E-state index < -0.39 is 0 Å². The van der Waals surface area contributed by atoms with Crippen molar-refractivity contribution >= 4 is 17.3 Å². The number of aryl methyl sites for hydroxylation is 3. The Morgan fingerprint density at radius 2 is 1.90 bits per heavy atom. The fraction of sp³-hybridized carbons (Fsp3) is 0.200. The van der Waals surface area contributed by atoms with Gasteiger partial charge in [0.05, 0.1) is 11.3 Å². The summed E-state index contributed by atoms with van der Waals surface area (Å²) in [6.07, 6.45) is 1.51. The summed E-state index contributed by atoms with van der Waals surface area (Å²) in [5.74, 6) is 5.19. The molecule has 0 saturated carbocycles.